The number of esters is 1. The molecule has 0 aliphatic carbocycles. The van der Waals surface area contributed by atoms with Crippen molar-refractivity contribution in [3.63, 3.8) is 0 Å². The van der Waals surface area contributed by atoms with E-state index in [0.717, 1.165) is 13.0 Å². The maximum atomic E-state index is 11.3. The van der Waals surface area contributed by atoms with Crippen molar-refractivity contribution in [3.8, 4) is 5.82 Å². The summed E-state index contributed by atoms with van der Waals surface area (Å²) in [6, 6.07) is 1.67. The molecule has 2 aromatic heterocycles. The second kappa shape index (κ2) is 5.89. The van der Waals surface area contributed by atoms with Crippen molar-refractivity contribution in [2.45, 2.75) is 13.3 Å². The molecule has 0 aromatic carbocycles. The summed E-state index contributed by atoms with van der Waals surface area (Å²) in [7, 11) is 1.28. The van der Waals surface area contributed by atoms with Crippen LogP contribution in [0.3, 0.4) is 0 Å². The molecule has 0 radical (unpaired) electrons. The molecule has 100 valence electrons. The van der Waals surface area contributed by atoms with E-state index in [9.17, 15) is 4.79 Å². The van der Waals surface area contributed by atoms with Crippen LogP contribution in [0.25, 0.3) is 5.82 Å². The predicted octanol–water partition coefficient (Wildman–Crippen LogP) is 0.666. The number of aromatic nitrogens is 5. The number of anilines is 1. The van der Waals surface area contributed by atoms with Gasteiger partial charge in [0.05, 0.1) is 7.11 Å². The minimum Gasteiger partial charge on any atom is -0.463 e. The van der Waals surface area contributed by atoms with Crippen LogP contribution in [0.4, 0.5) is 5.95 Å². The first kappa shape index (κ1) is 12.9. The second-order valence-electron chi connectivity index (χ2n) is 3.67. The molecule has 2 aromatic rings. The van der Waals surface area contributed by atoms with Crippen LogP contribution in [0.15, 0.2) is 18.6 Å². The number of carbonyl (C=O) groups excluding carboxylic acids is 1. The topological polar surface area (TPSA) is 94.8 Å². The Kier molecular flexibility index (Phi) is 4.01. The van der Waals surface area contributed by atoms with Gasteiger partial charge in [-0.05, 0) is 6.42 Å². The third-order valence-corrected chi connectivity index (χ3v) is 2.27. The summed E-state index contributed by atoms with van der Waals surface area (Å²) in [6.07, 6.45) is 3.99. The number of hydrogen-bond acceptors (Lipinski definition) is 7. The average molecular weight is 262 g/mol. The molecule has 0 atom stereocenters. The highest BCUT2D eigenvalue weighted by Crippen LogP contribution is 2.05. The van der Waals surface area contributed by atoms with E-state index in [1.54, 1.807) is 12.3 Å². The summed E-state index contributed by atoms with van der Waals surface area (Å²) in [5, 5.41) is 7.06. The van der Waals surface area contributed by atoms with E-state index in [1.165, 1.54) is 18.1 Å². The fraction of sp³-hybridized carbons (Fsp3) is 0.364. The van der Waals surface area contributed by atoms with Crippen LogP contribution in [0.1, 0.15) is 24.0 Å². The van der Waals surface area contributed by atoms with E-state index in [4.69, 9.17) is 0 Å². The number of carbonyl (C=O) groups is 1. The Bertz CT molecular complexity index is 568. The SMILES string of the molecule is CCCNc1nccc(-n2cnc(C(=O)OC)n2)n1. The molecule has 8 heteroatoms. The van der Waals surface area contributed by atoms with Crippen molar-refractivity contribution in [1.29, 1.82) is 0 Å². The number of nitrogens with zero attached hydrogens (tertiary/aromatic N) is 5. The van der Waals surface area contributed by atoms with Gasteiger partial charge in [0.15, 0.2) is 5.82 Å². The Balaban J connectivity index is 2.21. The highest BCUT2D eigenvalue weighted by atomic mass is 16.5. The molecule has 19 heavy (non-hydrogen) atoms. The molecular weight excluding hydrogens is 248 g/mol. The fourth-order valence-corrected chi connectivity index (χ4v) is 1.36. The summed E-state index contributed by atoms with van der Waals surface area (Å²) in [5.41, 5.74) is 0. The molecule has 0 bridgehead atoms. The molecule has 0 amide bonds. The monoisotopic (exact) mass is 262 g/mol. The molecule has 0 aliphatic rings. The molecule has 1 N–H and O–H groups in total. The zero-order valence-electron chi connectivity index (χ0n) is 10.7. The van der Waals surface area contributed by atoms with Crippen molar-refractivity contribution < 1.29 is 9.53 Å². The van der Waals surface area contributed by atoms with Gasteiger partial charge in [-0.2, -0.15) is 4.98 Å². The van der Waals surface area contributed by atoms with Crippen LogP contribution in [0, 0.1) is 0 Å². The van der Waals surface area contributed by atoms with E-state index in [-0.39, 0.29) is 5.82 Å². The molecule has 0 fully saturated rings. The van der Waals surface area contributed by atoms with Crippen LogP contribution in [-0.2, 0) is 4.74 Å². The first-order valence-corrected chi connectivity index (χ1v) is 5.82. The Morgan fingerprint density at radius 1 is 1.47 bits per heavy atom. The summed E-state index contributed by atoms with van der Waals surface area (Å²) >= 11 is 0. The van der Waals surface area contributed by atoms with E-state index >= 15 is 0 Å². The predicted molar refractivity (Wildman–Crippen MR) is 67.1 cm³/mol. The molecule has 2 rings (SSSR count). The smallest absolute Gasteiger partial charge is 0.377 e. The number of methoxy groups -OCH3 is 1. The number of nitrogens with one attached hydrogen (secondary N) is 1. The quantitative estimate of drug-likeness (QED) is 0.791. The van der Waals surface area contributed by atoms with Crippen molar-refractivity contribution in [1.82, 2.24) is 24.7 Å². The average Bonchev–Trinajstić information content (AvgIpc) is 2.94. The maximum Gasteiger partial charge on any atom is 0.377 e. The minimum atomic E-state index is -0.586. The lowest BCUT2D eigenvalue weighted by Crippen LogP contribution is -2.08. The van der Waals surface area contributed by atoms with Gasteiger partial charge in [-0.25, -0.2) is 19.4 Å². The molecule has 8 nitrogen and oxygen atoms in total. The standard InChI is InChI=1S/C11H14N6O2/c1-3-5-12-11-13-6-4-8(15-11)17-7-14-9(16-17)10(18)19-2/h4,6-7H,3,5H2,1-2H3,(H,12,13,15). The first-order chi connectivity index (χ1) is 9.24. The van der Waals surface area contributed by atoms with E-state index in [2.05, 4.69) is 37.0 Å². The zero-order chi connectivity index (χ0) is 13.7. The van der Waals surface area contributed by atoms with Gasteiger partial charge >= 0.3 is 5.97 Å². The van der Waals surface area contributed by atoms with Crippen molar-refractivity contribution in [3.05, 3.63) is 24.4 Å². The van der Waals surface area contributed by atoms with Crippen molar-refractivity contribution in [2.75, 3.05) is 19.0 Å². The summed E-state index contributed by atoms with van der Waals surface area (Å²) in [6.45, 7) is 2.84. The van der Waals surface area contributed by atoms with Gasteiger partial charge in [-0.1, -0.05) is 6.92 Å². The van der Waals surface area contributed by atoms with Gasteiger partial charge in [0.25, 0.3) is 5.82 Å². The van der Waals surface area contributed by atoms with E-state index in [1.807, 2.05) is 0 Å². The van der Waals surface area contributed by atoms with E-state index < -0.39 is 5.97 Å². The third-order valence-electron chi connectivity index (χ3n) is 2.27. The summed E-state index contributed by atoms with van der Waals surface area (Å²) in [5.74, 6) is 0.437. The largest absolute Gasteiger partial charge is 0.463 e. The van der Waals surface area contributed by atoms with Crippen LogP contribution >= 0.6 is 0 Å². The van der Waals surface area contributed by atoms with Crippen LogP contribution in [-0.4, -0.2) is 44.4 Å². The number of ether oxygens (including phenoxy) is 1. The van der Waals surface area contributed by atoms with Gasteiger partial charge in [-0.3, -0.25) is 0 Å². The maximum absolute atomic E-state index is 11.3. The summed E-state index contributed by atoms with van der Waals surface area (Å²) < 4.78 is 5.93. The third kappa shape index (κ3) is 3.03. The lowest BCUT2D eigenvalue weighted by atomic mass is 10.5. The lowest BCUT2D eigenvalue weighted by molar-refractivity contribution is 0.0587. The highest BCUT2D eigenvalue weighted by Gasteiger charge is 2.12. The molecule has 0 saturated heterocycles. The van der Waals surface area contributed by atoms with Gasteiger partial charge < -0.3 is 10.1 Å². The number of hydrogen-bond donors (Lipinski definition) is 1. The van der Waals surface area contributed by atoms with Crippen molar-refractivity contribution in [2.24, 2.45) is 0 Å². The Morgan fingerprint density at radius 3 is 3.05 bits per heavy atom. The van der Waals surface area contributed by atoms with Gasteiger partial charge in [0.1, 0.15) is 6.33 Å². The number of rotatable bonds is 5. The van der Waals surface area contributed by atoms with Crippen LogP contribution in [0.5, 0.6) is 0 Å². The zero-order valence-corrected chi connectivity index (χ0v) is 10.7. The van der Waals surface area contributed by atoms with E-state index in [0.29, 0.717) is 11.8 Å². The Labute approximate surface area is 109 Å². The Hall–Kier alpha value is -2.51. The Morgan fingerprint density at radius 2 is 2.32 bits per heavy atom. The molecule has 0 spiro atoms. The molecule has 0 unspecified atom stereocenters. The molecule has 0 aliphatic heterocycles. The summed E-state index contributed by atoms with van der Waals surface area (Å²) in [4.78, 5) is 23.5. The molecule has 0 saturated carbocycles. The van der Waals surface area contributed by atoms with Crippen molar-refractivity contribution >= 4 is 11.9 Å². The van der Waals surface area contributed by atoms with Gasteiger partial charge in [-0.15, -0.1) is 5.10 Å². The van der Waals surface area contributed by atoms with Crippen LogP contribution < -0.4 is 5.32 Å². The highest BCUT2D eigenvalue weighted by molar-refractivity contribution is 5.84. The molecule has 2 heterocycles. The van der Waals surface area contributed by atoms with Crippen LogP contribution in [0.2, 0.25) is 0 Å². The second-order valence-corrected chi connectivity index (χ2v) is 3.67. The van der Waals surface area contributed by atoms with Gasteiger partial charge in [0.2, 0.25) is 5.95 Å². The van der Waals surface area contributed by atoms with Gasteiger partial charge in [0, 0.05) is 18.8 Å². The normalized spacial score (nSPS) is 10.2. The lowest BCUT2D eigenvalue weighted by Gasteiger charge is -2.04. The molecular formula is C11H14N6O2. The first-order valence-electron chi connectivity index (χ1n) is 5.82. The fourth-order valence-electron chi connectivity index (χ4n) is 1.36. The minimum absolute atomic E-state index is 0.0100.